The zero-order valence-electron chi connectivity index (χ0n) is 12.3. The number of rotatable bonds is 2. The van der Waals surface area contributed by atoms with Crippen molar-refractivity contribution in [3.63, 3.8) is 0 Å². The Kier molecular flexibility index (Phi) is 3.42. The van der Waals surface area contributed by atoms with Gasteiger partial charge in [0.05, 0.1) is 5.60 Å². The average Bonchev–Trinajstić information content (AvgIpc) is 2.81. The highest BCUT2D eigenvalue weighted by Crippen LogP contribution is 2.38. The Bertz CT molecular complexity index is 465. The Morgan fingerprint density at radius 1 is 1.16 bits per heavy atom. The number of hydrogen-bond donors (Lipinski definition) is 1. The lowest BCUT2D eigenvalue weighted by atomic mass is 9.71. The Balaban J connectivity index is 1.74. The van der Waals surface area contributed by atoms with Crippen LogP contribution in [0.25, 0.3) is 0 Å². The maximum Gasteiger partial charge on any atom is 0.0690 e. The van der Waals surface area contributed by atoms with E-state index in [9.17, 15) is 5.11 Å². The van der Waals surface area contributed by atoms with Gasteiger partial charge < -0.3 is 5.11 Å². The van der Waals surface area contributed by atoms with Crippen molar-refractivity contribution < 1.29 is 5.11 Å². The Morgan fingerprint density at radius 3 is 2.74 bits per heavy atom. The van der Waals surface area contributed by atoms with Crippen molar-refractivity contribution in [1.29, 1.82) is 0 Å². The summed E-state index contributed by atoms with van der Waals surface area (Å²) in [5.74, 6) is 1.41. The second-order valence-corrected chi connectivity index (χ2v) is 7.06. The molecular formula is C18H26O. The molecule has 0 bridgehead atoms. The van der Waals surface area contributed by atoms with E-state index in [0.717, 1.165) is 25.2 Å². The molecule has 2 aliphatic rings. The van der Waals surface area contributed by atoms with Crippen LogP contribution in [-0.4, -0.2) is 10.7 Å². The standard InChI is InChI=1S/C18H26O/c1-13-8-9-18(19,11-14(13)2)12-15-6-7-16-4-3-5-17(16)10-15/h6-7,10,13-14,19H,3-5,8-9,11-12H2,1-2H3. The van der Waals surface area contributed by atoms with Crippen molar-refractivity contribution in [2.45, 2.75) is 64.4 Å². The zero-order chi connectivity index (χ0) is 13.5. The second-order valence-electron chi connectivity index (χ2n) is 7.06. The topological polar surface area (TPSA) is 20.2 Å². The molecule has 1 N–H and O–H groups in total. The molecule has 1 aromatic rings. The van der Waals surface area contributed by atoms with Gasteiger partial charge in [0.25, 0.3) is 0 Å². The van der Waals surface area contributed by atoms with E-state index in [1.165, 1.54) is 42.4 Å². The third kappa shape index (κ3) is 2.72. The third-order valence-corrected chi connectivity index (χ3v) is 5.43. The second kappa shape index (κ2) is 4.94. The number of aliphatic hydroxyl groups is 1. The van der Waals surface area contributed by atoms with E-state index in [1.807, 2.05) is 0 Å². The summed E-state index contributed by atoms with van der Waals surface area (Å²) in [5.41, 5.74) is 3.93. The van der Waals surface area contributed by atoms with Gasteiger partial charge in [-0.25, -0.2) is 0 Å². The maximum atomic E-state index is 10.9. The number of benzene rings is 1. The maximum absolute atomic E-state index is 10.9. The van der Waals surface area contributed by atoms with Gasteiger partial charge in [-0.05, 0) is 67.1 Å². The molecule has 0 heterocycles. The molecule has 0 amide bonds. The minimum Gasteiger partial charge on any atom is -0.390 e. The number of aryl methyl sites for hydroxylation is 2. The van der Waals surface area contributed by atoms with Gasteiger partial charge in [-0.15, -0.1) is 0 Å². The molecular weight excluding hydrogens is 232 g/mol. The van der Waals surface area contributed by atoms with Crippen LogP contribution in [0.15, 0.2) is 18.2 Å². The van der Waals surface area contributed by atoms with E-state index in [4.69, 9.17) is 0 Å². The van der Waals surface area contributed by atoms with E-state index in [-0.39, 0.29) is 0 Å². The van der Waals surface area contributed by atoms with E-state index < -0.39 is 5.60 Å². The van der Waals surface area contributed by atoms with Crippen molar-refractivity contribution >= 4 is 0 Å². The quantitative estimate of drug-likeness (QED) is 0.853. The lowest BCUT2D eigenvalue weighted by Gasteiger charge is -2.39. The summed E-state index contributed by atoms with van der Waals surface area (Å²) in [6, 6.07) is 6.88. The van der Waals surface area contributed by atoms with Crippen molar-refractivity contribution in [2.24, 2.45) is 11.8 Å². The average molecular weight is 258 g/mol. The minimum atomic E-state index is -0.460. The molecule has 2 aliphatic carbocycles. The highest BCUT2D eigenvalue weighted by Gasteiger charge is 2.35. The largest absolute Gasteiger partial charge is 0.390 e. The lowest BCUT2D eigenvalue weighted by Crippen LogP contribution is -2.39. The molecule has 0 radical (unpaired) electrons. The highest BCUT2D eigenvalue weighted by atomic mass is 16.3. The van der Waals surface area contributed by atoms with Crippen LogP contribution in [0.5, 0.6) is 0 Å². The molecule has 3 unspecified atom stereocenters. The van der Waals surface area contributed by atoms with Crippen LogP contribution in [0.4, 0.5) is 0 Å². The summed E-state index contributed by atoms with van der Waals surface area (Å²) in [4.78, 5) is 0. The summed E-state index contributed by atoms with van der Waals surface area (Å²) in [7, 11) is 0. The van der Waals surface area contributed by atoms with Crippen LogP contribution in [-0.2, 0) is 19.3 Å². The van der Waals surface area contributed by atoms with Gasteiger partial charge in [0.1, 0.15) is 0 Å². The van der Waals surface area contributed by atoms with Gasteiger partial charge in [-0.1, -0.05) is 32.0 Å². The normalized spacial score (nSPS) is 34.3. The number of hydrogen-bond acceptors (Lipinski definition) is 1. The molecule has 0 aliphatic heterocycles. The molecule has 3 atom stereocenters. The van der Waals surface area contributed by atoms with E-state index in [0.29, 0.717) is 5.92 Å². The minimum absolute atomic E-state index is 0.460. The first-order chi connectivity index (χ1) is 9.06. The molecule has 1 heteroatoms. The Hall–Kier alpha value is -0.820. The van der Waals surface area contributed by atoms with Crippen molar-refractivity contribution in [3.05, 3.63) is 34.9 Å². The fourth-order valence-corrected chi connectivity index (χ4v) is 3.96. The van der Waals surface area contributed by atoms with Gasteiger partial charge in [0, 0.05) is 6.42 Å². The summed E-state index contributed by atoms with van der Waals surface area (Å²) >= 11 is 0. The predicted molar refractivity (Wildman–Crippen MR) is 79.3 cm³/mol. The van der Waals surface area contributed by atoms with Crippen LogP contribution in [0.3, 0.4) is 0 Å². The molecule has 1 nitrogen and oxygen atoms in total. The molecule has 0 aromatic heterocycles. The fraction of sp³-hybridized carbons (Fsp3) is 0.667. The molecule has 1 saturated carbocycles. The van der Waals surface area contributed by atoms with E-state index in [2.05, 4.69) is 32.0 Å². The van der Waals surface area contributed by atoms with Crippen molar-refractivity contribution in [1.82, 2.24) is 0 Å². The van der Waals surface area contributed by atoms with Gasteiger partial charge in [-0.3, -0.25) is 0 Å². The Morgan fingerprint density at radius 2 is 1.95 bits per heavy atom. The molecule has 3 rings (SSSR count). The van der Waals surface area contributed by atoms with Crippen LogP contribution < -0.4 is 0 Å². The van der Waals surface area contributed by atoms with Crippen LogP contribution in [0.1, 0.15) is 56.2 Å². The molecule has 104 valence electrons. The Labute approximate surface area is 117 Å². The smallest absolute Gasteiger partial charge is 0.0690 e. The van der Waals surface area contributed by atoms with Crippen molar-refractivity contribution in [2.75, 3.05) is 0 Å². The zero-order valence-corrected chi connectivity index (χ0v) is 12.3. The van der Waals surface area contributed by atoms with Gasteiger partial charge in [0.15, 0.2) is 0 Å². The van der Waals surface area contributed by atoms with Gasteiger partial charge in [-0.2, -0.15) is 0 Å². The fourth-order valence-electron chi connectivity index (χ4n) is 3.96. The van der Waals surface area contributed by atoms with Gasteiger partial charge in [0.2, 0.25) is 0 Å². The summed E-state index contributed by atoms with van der Waals surface area (Å²) < 4.78 is 0. The summed E-state index contributed by atoms with van der Waals surface area (Å²) in [6.45, 7) is 4.61. The predicted octanol–water partition coefficient (Wildman–Crippen LogP) is 3.91. The number of fused-ring (bicyclic) bond motifs is 1. The summed E-state index contributed by atoms with van der Waals surface area (Å²) in [6.07, 6.45) is 7.72. The lowest BCUT2D eigenvalue weighted by molar-refractivity contribution is -0.0279. The first kappa shape index (κ1) is 13.2. The molecule has 0 saturated heterocycles. The van der Waals surface area contributed by atoms with Crippen LogP contribution in [0, 0.1) is 11.8 Å². The molecule has 1 fully saturated rings. The first-order valence-corrected chi connectivity index (χ1v) is 7.89. The molecule has 19 heavy (non-hydrogen) atoms. The third-order valence-electron chi connectivity index (χ3n) is 5.43. The van der Waals surface area contributed by atoms with Crippen LogP contribution >= 0.6 is 0 Å². The highest BCUT2D eigenvalue weighted by molar-refractivity contribution is 5.35. The monoisotopic (exact) mass is 258 g/mol. The van der Waals surface area contributed by atoms with Gasteiger partial charge >= 0.3 is 0 Å². The first-order valence-electron chi connectivity index (χ1n) is 7.89. The summed E-state index contributed by atoms with van der Waals surface area (Å²) in [5, 5.41) is 10.9. The van der Waals surface area contributed by atoms with E-state index >= 15 is 0 Å². The molecule has 1 aromatic carbocycles. The SMILES string of the molecule is CC1CCC(O)(Cc2ccc3c(c2)CCC3)CC1C. The van der Waals surface area contributed by atoms with Crippen LogP contribution in [0.2, 0.25) is 0 Å². The molecule has 0 spiro atoms. The van der Waals surface area contributed by atoms with Crippen molar-refractivity contribution in [3.8, 4) is 0 Å². The van der Waals surface area contributed by atoms with E-state index in [1.54, 1.807) is 0 Å².